The second-order valence-electron chi connectivity index (χ2n) is 6.24. The van der Waals surface area contributed by atoms with Crippen LogP contribution in [0.15, 0.2) is 53.4 Å². The fourth-order valence-electron chi connectivity index (χ4n) is 2.96. The van der Waals surface area contributed by atoms with E-state index in [-0.39, 0.29) is 23.4 Å². The normalized spacial score (nSPS) is 17.9. The summed E-state index contributed by atoms with van der Waals surface area (Å²) in [6.07, 6.45) is 0.866. The molecular weight excluding hydrogens is 355 g/mol. The highest BCUT2D eigenvalue weighted by atomic mass is 32.2. The molecule has 0 bridgehead atoms. The second kappa shape index (κ2) is 7.78. The third-order valence-corrected chi connectivity index (χ3v) is 6.17. The van der Waals surface area contributed by atoms with Crippen LogP contribution in [-0.4, -0.2) is 39.3 Å². The molecule has 2 atom stereocenters. The number of hydrogen-bond donors (Lipinski definition) is 1. The molecule has 26 heavy (non-hydrogen) atoms. The summed E-state index contributed by atoms with van der Waals surface area (Å²) < 4.78 is 25.6. The summed E-state index contributed by atoms with van der Waals surface area (Å²) in [4.78, 5) is 25.8. The van der Waals surface area contributed by atoms with E-state index in [2.05, 4.69) is 0 Å². The second-order valence-corrected chi connectivity index (χ2v) is 7.97. The summed E-state index contributed by atoms with van der Waals surface area (Å²) in [5, 5.41) is -0.151. The molecule has 7 heteroatoms. The highest BCUT2D eigenvalue weighted by molar-refractivity contribution is 7.85. The van der Waals surface area contributed by atoms with Crippen molar-refractivity contribution in [3.63, 3.8) is 0 Å². The lowest BCUT2D eigenvalue weighted by Gasteiger charge is -2.16. The number of benzene rings is 2. The van der Waals surface area contributed by atoms with Crippen molar-refractivity contribution in [3.8, 4) is 0 Å². The molecule has 2 amide bonds. The third-order valence-electron chi connectivity index (χ3n) is 4.44. The van der Waals surface area contributed by atoms with Crippen molar-refractivity contribution in [1.82, 2.24) is 4.90 Å². The van der Waals surface area contributed by atoms with E-state index in [9.17, 15) is 18.2 Å². The zero-order chi connectivity index (χ0) is 18.7. The van der Waals surface area contributed by atoms with Crippen molar-refractivity contribution in [2.24, 2.45) is 5.73 Å². The minimum absolute atomic E-state index is 0.0459. The maximum absolute atomic E-state index is 13.0. The molecule has 2 aromatic carbocycles. The molecule has 2 N–H and O–H groups in total. The van der Waals surface area contributed by atoms with E-state index in [1.54, 1.807) is 29.2 Å². The third kappa shape index (κ3) is 4.16. The van der Waals surface area contributed by atoms with Gasteiger partial charge in [0, 0.05) is 23.5 Å². The molecule has 1 saturated heterocycles. The van der Waals surface area contributed by atoms with Crippen molar-refractivity contribution >= 4 is 22.6 Å². The summed E-state index contributed by atoms with van der Waals surface area (Å²) in [5.74, 6) is -0.916. The summed E-state index contributed by atoms with van der Waals surface area (Å²) >= 11 is 0. The molecule has 2 aromatic rings. The summed E-state index contributed by atoms with van der Waals surface area (Å²) in [7, 11) is -1.27. The van der Waals surface area contributed by atoms with Crippen LogP contribution in [0.25, 0.3) is 0 Å². The minimum Gasteiger partial charge on any atom is -0.366 e. The Kier molecular flexibility index (Phi) is 5.46. The summed E-state index contributed by atoms with van der Waals surface area (Å²) in [6.45, 7) is 0.970. The lowest BCUT2D eigenvalue weighted by Crippen LogP contribution is -2.31. The molecule has 1 fully saturated rings. The molecule has 2 unspecified atom stereocenters. The maximum Gasteiger partial charge on any atom is 0.248 e. The van der Waals surface area contributed by atoms with Crippen molar-refractivity contribution in [2.45, 2.75) is 23.0 Å². The van der Waals surface area contributed by atoms with Crippen molar-refractivity contribution in [3.05, 3.63) is 65.5 Å². The van der Waals surface area contributed by atoms with Gasteiger partial charge in [0.15, 0.2) is 0 Å². The number of primary amides is 1. The first-order valence-corrected chi connectivity index (χ1v) is 9.48. The molecule has 1 aliphatic rings. The zero-order valence-electron chi connectivity index (χ0n) is 14.1. The van der Waals surface area contributed by atoms with Crippen molar-refractivity contribution in [2.75, 3.05) is 13.1 Å². The van der Waals surface area contributed by atoms with Gasteiger partial charge in [0.05, 0.1) is 22.5 Å². The number of hydrogen-bond acceptors (Lipinski definition) is 3. The molecule has 1 heterocycles. The molecule has 0 aliphatic carbocycles. The average Bonchev–Trinajstić information content (AvgIpc) is 3.12. The molecule has 0 radical (unpaired) electrons. The topological polar surface area (TPSA) is 80.5 Å². The molecule has 0 aromatic heterocycles. The number of likely N-dealkylation sites (tertiary alicyclic amines) is 1. The van der Waals surface area contributed by atoms with E-state index >= 15 is 0 Å². The number of carbonyl (C=O) groups is 2. The fraction of sp³-hybridized carbons (Fsp3) is 0.263. The van der Waals surface area contributed by atoms with E-state index in [1.807, 2.05) is 0 Å². The first kappa shape index (κ1) is 18.3. The Morgan fingerprint density at radius 1 is 1.12 bits per heavy atom. The van der Waals surface area contributed by atoms with E-state index in [4.69, 9.17) is 5.73 Å². The first-order chi connectivity index (χ1) is 12.4. The Labute approximate surface area is 153 Å². The predicted octanol–water partition coefficient (Wildman–Crippen LogP) is 1.88. The molecule has 1 aliphatic heterocycles. The lowest BCUT2D eigenvalue weighted by molar-refractivity contribution is -0.129. The van der Waals surface area contributed by atoms with Crippen LogP contribution in [0.2, 0.25) is 0 Å². The van der Waals surface area contributed by atoms with Crippen LogP contribution in [0.4, 0.5) is 4.39 Å². The van der Waals surface area contributed by atoms with Crippen LogP contribution in [0.1, 0.15) is 22.3 Å². The van der Waals surface area contributed by atoms with Crippen LogP contribution in [0, 0.1) is 5.82 Å². The largest absolute Gasteiger partial charge is 0.366 e. The van der Waals surface area contributed by atoms with Gasteiger partial charge in [0.2, 0.25) is 11.8 Å². The number of rotatable bonds is 5. The van der Waals surface area contributed by atoms with Crippen LogP contribution in [0.5, 0.6) is 0 Å². The monoisotopic (exact) mass is 374 g/mol. The van der Waals surface area contributed by atoms with Gasteiger partial charge in [-0.1, -0.05) is 12.1 Å². The van der Waals surface area contributed by atoms with E-state index in [0.29, 0.717) is 30.0 Å². The summed E-state index contributed by atoms with van der Waals surface area (Å²) in [6, 6.07) is 12.3. The molecule has 0 saturated carbocycles. The highest BCUT2D eigenvalue weighted by Gasteiger charge is 2.30. The van der Waals surface area contributed by atoms with Gasteiger partial charge in [0.1, 0.15) is 5.82 Å². The Morgan fingerprint density at radius 2 is 1.77 bits per heavy atom. The fourth-order valence-corrected chi connectivity index (χ4v) is 4.39. The van der Waals surface area contributed by atoms with Crippen LogP contribution >= 0.6 is 0 Å². The molecule has 3 rings (SSSR count). The smallest absolute Gasteiger partial charge is 0.248 e. The van der Waals surface area contributed by atoms with Gasteiger partial charge < -0.3 is 10.6 Å². The molecule has 136 valence electrons. The number of halogens is 1. The van der Waals surface area contributed by atoms with E-state index in [0.717, 1.165) is 5.56 Å². The van der Waals surface area contributed by atoms with Gasteiger partial charge in [-0.25, -0.2) is 4.39 Å². The van der Waals surface area contributed by atoms with Gasteiger partial charge >= 0.3 is 0 Å². The highest BCUT2D eigenvalue weighted by Crippen LogP contribution is 2.21. The lowest BCUT2D eigenvalue weighted by atomic mass is 10.1. The number of nitrogens with two attached hydrogens (primary N) is 1. The van der Waals surface area contributed by atoms with Gasteiger partial charge in [-0.05, 0) is 48.4 Å². The Balaban J connectivity index is 1.59. The van der Waals surface area contributed by atoms with Crippen molar-refractivity contribution < 1.29 is 18.2 Å². The number of carbonyl (C=O) groups excluding carboxylic acids is 2. The zero-order valence-corrected chi connectivity index (χ0v) is 14.9. The van der Waals surface area contributed by atoms with E-state index in [1.165, 1.54) is 24.3 Å². The van der Waals surface area contributed by atoms with Crippen molar-refractivity contribution in [1.29, 1.82) is 0 Å². The Hall–Kier alpha value is -2.54. The average molecular weight is 374 g/mol. The van der Waals surface area contributed by atoms with Crippen LogP contribution in [0.3, 0.4) is 0 Å². The first-order valence-electron chi connectivity index (χ1n) is 8.26. The van der Waals surface area contributed by atoms with E-state index < -0.39 is 16.7 Å². The molecular formula is C19H19FN2O3S. The van der Waals surface area contributed by atoms with Crippen LogP contribution < -0.4 is 5.73 Å². The Bertz CT molecular complexity index is 837. The van der Waals surface area contributed by atoms with Gasteiger partial charge in [0.25, 0.3) is 0 Å². The summed E-state index contributed by atoms with van der Waals surface area (Å²) in [5.41, 5.74) is 6.40. The maximum atomic E-state index is 13.0. The van der Waals surface area contributed by atoms with Crippen LogP contribution in [-0.2, 0) is 22.0 Å². The standard InChI is InChI=1S/C19H19FN2O3S/c20-15-5-7-16(8-6-15)26(25)17-9-10-22(12-17)18(23)11-13-1-3-14(4-2-13)19(21)24/h1-8,17H,9-12H2,(H2,21,24). The molecule has 5 nitrogen and oxygen atoms in total. The Morgan fingerprint density at radius 3 is 2.38 bits per heavy atom. The van der Waals surface area contributed by atoms with Gasteiger partial charge in [-0.3, -0.25) is 13.8 Å². The minimum atomic E-state index is -1.27. The SMILES string of the molecule is NC(=O)c1ccc(CC(=O)N2CCC(S(=O)c3ccc(F)cc3)C2)cc1. The van der Waals surface area contributed by atoms with Gasteiger partial charge in [-0.15, -0.1) is 0 Å². The number of nitrogens with zero attached hydrogens (tertiary/aromatic N) is 1. The predicted molar refractivity (Wildman–Crippen MR) is 96.5 cm³/mol. The molecule has 0 spiro atoms. The van der Waals surface area contributed by atoms with Gasteiger partial charge in [-0.2, -0.15) is 0 Å². The quantitative estimate of drug-likeness (QED) is 0.868. The number of amides is 2.